The SMILES string of the molecule is CN=C(NCCCOCC(C)C)N(C)CC1CCOC1. The number of nitrogens with one attached hydrogen (secondary N) is 1. The van der Waals surface area contributed by atoms with Gasteiger partial charge in [0.25, 0.3) is 0 Å². The number of nitrogens with zero attached hydrogens (tertiary/aromatic N) is 2. The predicted octanol–water partition coefficient (Wildman–Crippen LogP) is 1.59. The normalized spacial score (nSPS) is 19.6. The van der Waals surface area contributed by atoms with E-state index < -0.39 is 0 Å². The predicted molar refractivity (Wildman–Crippen MR) is 83.2 cm³/mol. The minimum absolute atomic E-state index is 0.607. The third-order valence-corrected chi connectivity index (χ3v) is 3.33. The first-order valence-corrected chi connectivity index (χ1v) is 7.70. The van der Waals surface area contributed by atoms with E-state index in [2.05, 4.69) is 36.1 Å². The second-order valence-corrected chi connectivity index (χ2v) is 5.91. The number of hydrogen-bond donors (Lipinski definition) is 1. The highest BCUT2D eigenvalue weighted by molar-refractivity contribution is 5.79. The molecule has 0 aliphatic carbocycles. The van der Waals surface area contributed by atoms with Crippen LogP contribution in [0.25, 0.3) is 0 Å². The maximum atomic E-state index is 5.57. The smallest absolute Gasteiger partial charge is 0.193 e. The lowest BCUT2D eigenvalue weighted by Gasteiger charge is -2.24. The van der Waals surface area contributed by atoms with Crippen molar-refractivity contribution in [2.45, 2.75) is 26.7 Å². The van der Waals surface area contributed by atoms with Crippen molar-refractivity contribution in [1.82, 2.24) is 10.2 Å². The summed E-state index contributed by atoms with van der Waals surface area (Å²) in [4.78, 5) is 6.51. The molecule has 1 unspecified atom stereocenters. The van der Waals surface area contributed by atoms with Crippen molar-refractivity contribution >= 4 is 5.96 Å². The summed E-state index contributed by atoms with van der Waals surface area (Å²) in [6, 6.07) is 0. The molecule has 5 heteroatoms. The van der Waals surface area contributed by atoms with E-state index in [1.165, 1.54) is 0 Å². The summed E-state index contributed by atoms with van der Waals surface area (Å²) in [6.07, 6.45) is 2.16. The molecule has 118 valence electrons. The van der Waals surface area contributed by atoms with Crippen LogP contribution in [0.3, 0.4) is 0 Å². The molecule has 20 heavy (non-hydrogen) atoms. The van der Waals surface area contributed by atoms with Gasteiger partial charge in [0.2, 0.25) is 0 Å². The summed E-state index contributed by atoms with van der Waals surface area (Å²) in [5, 5.41) is 3.39. The quantitative estimate of drug-likeness (QED) is 0.418. The molecule has 5 nitrogen and oxygen atoms in total. The average molecular weight is 285 g/mol. The van der Waals surface area contributed by atoms with Crippen LogP contribution < -0.4 is 5.32 Å². The second kappa shape index (κ2) is 10.00. The minimum Gasteiger partial charge on any atom is -0.381 e. The standard InChI is InChI=1S/C15H31N3O2/c1-13(2)11-19-8-5-7-17-15(16-3)18(4)10-14-6-9-20-12-14/h13-14H,5-12H2,1-4H3,(H,16,17). The first-order valence-electron chi connectivity index (χ1n) is 7.70. The van der Waals surface area contributed by atoms with E-state index in [0.717, 1.165) is 58.3 Å². The fourth-order valence-corrected chi connectivity index (χ4v) is 2.28. The molecular weight excluding hydrogens is 254 g/mol. The summed E-state index contributed by atoms with van der Waals surface area (Å²) in [6.45, 7) is 9.67. The first-order chi connectivity index (χ1) is 9.63. The van der Waals surface area contributed by atoms with Crippen LogP contribution in [-0.4, -0.2) is 64.5 Å². The fourth-order valence-electron chi connectivity index (χ4n) is 2.28. The monoisotopic (exact) mass is 285 g/mol. The van der Waals surface area contributed by atoms with Crippen LogP contribution in [0.5, 0.6) is 0 Å². The van der Waals surface area contributed by atoms with E-state index in [-0.39, 0.29) is 0 Å². The van der Waals surface area contributed by atoms with Crippen LogP contribution in [0.4, 0.5) is 0 Å². The number of aliphatic imine (C=N–C) groups is 1. The molecule has 1 N–H and O–H groups in total. The molecule has 1 atom stereocenters. The Morgan fingerprint density at radius 2 is 2.30 bits per heavy atom. The summed E-state index contributed by atoms with van der Waals surface area (Å²) in [5.41, 5.74) is 0. The van der Waals surface area contributed by atoms with Gasteiger partial charge < -0.3 is 19.7 Å². The molecular formula is C15H31N3O2. The van der Waals surface area contributed by atoms with Crippen LogP contribution in [-0.2, 0) is 9.47 Å². The third-order valence-electron chi connectivity index (χ3n) is 3.33. The highest BCUT2D eigenvalue weighted by Crippen LogP contribution is 2.13. The van der Waals surface area contributed by atoms with Crippen LogP contribution in [0.2, 0.25) is 0 Å². The minimum atomic E-state index is 0.607. The van der Waals surface area contributed by atoms with Crippen LogP contribution in [0, 0.1) is 11.8 Å². The highest BCUT2D eigenvalue weighted by Gasteiger charge is 2.18. The molecule has 0 amide bonds. The molecule has 0 spiro atoms. The lowest BCUT2D eigenvalue weighted by Crippen LogP contribution is -2.42. The third kappa shape index (κ3) is 7.10. The highest BCUT2D eigenvalue weighted by atomic mass is 16.5. The zero-order valence-corrected chi connectivity index (χ0v) is 13.5. The van der Waals surface area contributed by atoms with Gasteiger partial charge in [0, 0.05) is 52.9 Å². The van der Waals surface area contributed by atoms with E-state index in [9.17, 15) is 0 Å². The first kappa shape index (κ1) is 17.2. The van der Waals surface area contributed by atoms with Crippen LogP contribution >= 0.6 is 0 Å². The molecule has 1 saturated heterocycles. The van der Waals surface area contributed by atoms with Gasteiger partial charge in [-0.1, -0.05) is 13.8 Å². The summed E-state index contributed by atoms with van der Waals surface area (Å²) in [5.74, 6) is 2.20. The Kier molecular flexibility index (Phi) is 8.62. The lowest BCUT2D eigenvalue weighted by molar-refractivity contribution is 0.108. The van der Waals surface area contributed by atoms with Gasteiger partial charge in [-0.3, -0.25) is 4.99 Å². The van der Waals surface area contributed by atoms with Gasteiger partial charge in [-0.15, -0.1) is 0 Å². The zero-order chi connectivity index (χ0) is 14.8. The molecule has 0 radical (unpaired) electrons. The molecule has 1 aliphatic rings. The van der Waals surface area contributed by atoms with E-state index in [4.69, 9.17) is 9.47 Å². The number of ether oxygens (including phenoxy) is 2. The number of guanidine groups is 1. The van der Waals surface area contributed by atoms with E-state index >= 15 is 0 Å². The lowest BCUT2D eigenvalue weighted by atomic mass is 10.1. The van der Waals surface area contributed by atoms with Crippen molar-refractivity contribution in [3.63, 3.8) is 0 Å². The van der Waals surface area contributed by atoms with Gasteiger partial charge in [0.1, 0.15) is 0 Å². The van der Waals surface area contributed by atoms with E-state index in [1.54, 1.807) is 0 Å². The maximum Gasteiger partial charge on any atom is 0.193 e. The van der Waals surface area contributed by atoms with E-state index in [1.807, 2.05) is 7.05 Å². The molecule has 0 aromatic rings. The van der Waals surface area contributed by atoms with Gasteiger partial charge in [-0.2, -0.15) is 0 Å². The molecule has 0 aromatic heterocycles. The van der Waals surface area contributed by atoms with Gasteiger partial charge in [-0.25, -0.2) is 0 Å². The maximum absolute atomic E-state index is 5.57. The largest absolute Gasteiger partial charge is 0.381 e. The Bertz CT molecular complexity index is 276. The molecule has 0 saturated carbocycles. The van der Waals surface area contributed by atoms with Gasteiger partial charge in [0.05, 0.1) is 6.61 Å². The van der Waals surface area contributed by atoms with Crippen molar-refractivity contribution in [3.05, 3.63) is 0 Å². The van der Waals surface area contributed by atoms with Crippen molar-refractivity contribution in [3.8, 4) is 0 Å². The molecule has 1 fully saturated rings. The summed E-state index contributed by atoms with van der Waals surface area (Å²) < 4.78 is 11.0. The molecule has 1 aliphatic heterocycles. The second-order valence-electron chi connectivity index (χ2n) is 5.91. The zero-order valence-electron chi connectivity index (χ0n) is 13.5. The Hall–Kier alpha value is -0.810. The summed E-state index contributed by atoms with van der Waals surface area (Å²) in [7, 11) is 3.92. The van der Waals surface area contributed by atoms with Gasteiger partial charge >= 0.3 is 0 Å². The van der Waals surface area contributed by atoms with Gasteiger partial charge in [-0.05, 0) is 18.8 Å². The van der Waals surface area contributed by atoms with Crippen molar-refractivity contribution in [2.75, 3.05) is 53.6 Å². The molecule has 0 bridgehead atoms. The topological polar surface area (TPSA) is 46.1 Å². The Morgan fingerprint density at radius 1 is 1.50 bits per heavy atom. The van der Waals surface area contributed by atoms with Crippen molar-refractivity contribution < 1.29 is 9.47 Å². The average Bonchev–Trinajstić information content (AvgIpc) is 2.90. The molecule has 1 heterocycles. The van der Waals surface area contributed by atoms with Crippen LogP contribution in [0.1, 0.15) is 26.7 Å². The van der Waals surface area contributed by atoms with E-state index in [0.29, 0.717) is 11.8 Å². The van der Waals surface area contributed by atoms with Crippen molar-refractivity contribution in [2.24, 2.45) is 16.8 Å². The Balaban J connectivity index is 2.12. The number of hydrogen-bond acceptors (Lipinski definition) is 3. The van der Waals surface area contributed by atoms with Crippen LogP contribution in [0.15, 0.2) is 4.99 Å². The fraction of sp³-hybridized carbons (Fsp3) is 0.933. The number of rotatable bonds is 8. The summed E-state index contributed by atoms with van der Waals surface area (Å²) >= 11 is 0. The van der Waals surface area contributed by atoms with Gasteiger partial charge in [0.15, 0.2) is 5.96 Å². The molecule has 0 aromatic carbocycles. The molecule has 1 rings (SSSR count). The van der Waals surface area contributed by atoms with Crippen molar-refractivity contribution in [1.29, 1.82) is 0 Å². The Morgan fingerprint density at radius 3 is 2.90 bits per heavy atom. The Labute approximate surface area is 123 Å².